The first-order chi connectivity index (χ1) is 10.8. The molecule has 1 aromatic rings. The summed E-state index contributed by atoms with van der Waals surface area (Å²) in [5.74, 6) is 1.54. The number of hydrogen-bond acceptors (Lipinski definition) is 3. The van der Waals surface area contributed by atoms with Crippen molar-refractivity contribution in [1.82, 2.24) is 19.8 Å². The van der Waals surface area contributed by atoms with Crippen LogP contribution in [0.4, 0.5) is 10.7 Å². The number of nitrogens with zero attached hydrogens (tertiary/aromatic N) is 3. The molecule has 1 saturated carbocycles. The predicted octanol–water partition coefficient (Wildman–Crippen LogP) is 2.42. The number of hydrogen-bond donors (Lipinski definition) is 2. The molecular formula is C16H27N5O. The molecule has 6 heteroatoms. The fourth-order valence-corrected chi connectivity index (χ4v) is 3.63. The summed E-state index contributed by atoms with van der Waals surface area (Å²) >= 11 is 0. The third kappa shape index (κ3) is 3.61. The Morgan fingerprint density at radius 2 is 2.14 bits per heavy atom. The highest BCUT2D eigenvalue weighted by atomic mass is 16.2. The lowest BCUT2D eigenvalue weighted by molar-refractivity contribution is 0.168. The van der Waals surface area contributed by atoms with E-state index >= 15 is 0 Å². The van der Waals surface area contributed by atoms with Crippen LogP contribution in [-0.4, -0.2) is 40.1 Å². The normalized spacial score (nSPS) is 19.7. The maximum absolute atomic E-state index is 11.6. The standard InChI is InChI=1S/C16H27N5O/c1-2-17-16(22)19-15-18-10-14-12-20(8-9-21(14)15)11-13-6-4-3-5-7-13/h10,13H,2-9,11-12H2,1H3,(H2,17,18,19,22). The Morgan fingerprint density at radius 3 is 2.91 bits per heavy atom. The van der Waals surface area contributed by atoms with Crippen LogP contribution in [-0.2, 0) is 13.1 Å². The van der Waals surface area contributed by atoms with Crippen molar-refractivity contribution in [3.05, 3.63) is 11.9 Å². The number of rotatable bonds is 4. The van der Waals surface area contributed by atoms with Gasteiger partial charge in [0.15, 0.2) is 0 Å². The predicted molar refractivity (Wildman–Crippen MR) is 86.8 cm³/mol. The number of amides is 2. The lowest BCUT2D eigenvalue weighted by Gasteiger charge is -2.33. The summed E-state index contributed by atoms with van der Waals surface area (Å²) in [5.41, 5.74) is 1.20. The molecule has 1 aromatic heterocycles. The molecule has 2 heterocycles. The zero-order valence-electron chi connectivity index (χ0n) is 13.5. The summed E-state index contributed by atoms with van der Waals surface area (Å²) in [6, 6.07) is -0.180. The van der Waals surface area contributed by atoms with Gasteiger partial charge in [-0.3, -0.25) is 10.2 Å². The Labute approximate surface area is 132 Å². The van der Waals surface area contributed by atoms with E-state index < -0.39 is 0 Å². The summed E-state index contributed by atoms with van der Waals surface area (Å²) in [7, 11) is 0. The largest absolute Gasteiger partial charge is 0.338 e. The summed E-state index contributed by atoms with van der Waals surface area (Å²) in [5, 5.41) is 5.57. The van der Waals surface area contributed by atoms with Crippen molar-refractivity contribution in [1.29, 1.82) is 0 Å². The molecule has 22 heavy (non-hydrogen) atoms. The fraction of sp³-hybridized carbons (Fsp3) is 0.750. The van der Waals surface area contributed by atoms with Gasteiger partial charge in [-0.15, -0.1) is 0 Å². The molecule has 2 aliphatic rings. The minimum atomic E-state index is -0.180. The first-order valence-corrected chi connectivity index (χ1v) is 8.58. The maximum atomic E-state index is 11.6. The van der Waals surface area contributed by atoms with Crippen LogP contribution in [0.25, 0.3) is 0 Å². The van der Waals surface area contributed by atoms with Gasteiger partial charge < -0.3 is 9.88 Å². The second-order valence-electron chi connectivity index (χ2n) is 6.45. The Kier molecular flexibility index (Phi) is 4.97. The van der Waals surface area contributed by atoms with Gasteiger partial charge in [-0.25, -0.2) is 9.78 Å². The van der Waals surface area contributed by atoms with Gasteiger partial charge in [0.1, 0.15) is 0 Å². The van der Waals surface area contributed by atoms with Gasteiger partial charge in [0, 0.05) is 32.7 Å². The molecule has 122 valence electrons. The highest BCUT2D eigenvalue weighted by molar-refractivity contribution is 5.87. The Hall–Kier alpha value is -1.56. The van der Waals surface area contributed by atoms with Gasteiger partial charge in [-0.2, -0.15) is 0 Å². The molecule has 0 atom stereocenters. The smallest absolute Gasteiger partial charge is 0.321 e. The average molecular weight is 305 g/mol. The average Bonchev–Trinajstić information content (AvgIpc) is 2.91. The van der Waals surface area contributed by atoms with E-state index in [0.717, 1.165) is 25.6 Å². The van der Waals surface area contributed by atoms with Crippen molar-refractivity contribution in [2.75, 3.05) is 25.0 Å². The zero-order valence-corrected chi connectivity index (χ0v) is 13.5. The van der Waals surface area contributed by atoms with E-state index in [1.54, 1.807) is 0 Å². The highest BCUT2D eigenvalue weighted by Crippen LogP contribution is 2.26. The molecule has 2 amide bonds. The van der Waals surface area contributed by atoms with E-state index in [-0.39, 0.29) is 6.03 Å². The van der Waals surface area contributed by atoms with Crippen molar-refractivity contribution in [3.63, 3.8) is 0 Å². The number of urea groups is 1. The topological polar surface area (TPSA) is 62.2 Å². The Bertz CT molecular complexity index is 507. The molecular weight excluding hydrogens is 278 g/mol. The summed E-state index contributed by atoms with van der Waals surface area (Å²) < 4.78 is 2.13. The van der Waals surface area contributed by atoms with Crippen LogP contribution in [0.15, 0.2) is 6.20 Å². The first kappa shape index (κ1) is 15.3. The molecule has 6 nitrogen and oxygen atoms in total. The van der Waals surface area contributed by atoms with Crippen molar-refractivity contribution in [3.8, 4) is 0 Å². The Balaban J connectivity index is 1.57. The second-order valence-corrected chi connectivity index (χ2v) is 6.45. The number of aromatic nitrogens is 2. The lowest BCUT2D eigenvalue weighted by atomic mass is 9.89. The van der Waals surface area contributed by atoms with Crippen LogP contribution in [0.2, 0.25) is 0 Å². The van der Waals surface area contributed by atoms with Gasteiger partial charge in [-0.05, 0) is 25.7 Å². The lowest BCUT2D eigenvalue weighted by Crippen LogP contribution is -2.38. The number of imidazole rings is 1. The van der Waals surface area contributed by atoms with Gasteiger partial charge in [0.05, 0.1) is 11.9 Å². The summed E-state index contributed by atoms with van der Waals surface area (Å²) in [4.78, 5) is 18.5. The minimum absolute atomic E-state index is 0.180. The monoisotopic (exact) mass is 305 g/mol. The minimum Gasteiger partial charge on any atom is -0.338 e. The van der Waals surface area contributed by atoms with Gasteiger partial charge in [0.25, 0.3) is 0 Å². The number of carbonyl (C=O) groups excluding carboxylic acids is 1. The zero-order chi connectivity index (χ0) is 15.4. The molecule has 0 radical (unpaired) electrons. The van der Waals surface area contributed by atoms with E-state index in [1.807, 2.05) is 13.1 Å². The number of anilines is 1. The molecule has 2 N–H and O–H groups in total. The highest BCUT2D eigenvalue weighted by Gasteiger charge is 2.23. The number of nitrogens with one attached hydrogen (secondary N) is 2. The van der Waals surface area contributed by atoms with Crippen molar-refractivity contribution in [2.24, 2.45) is 5.92 Å². The third-order valence-corrected chi connectivity index (χ3v) is 4.77. The van der Waals surface area contributed by atoms with E-state index in [4.69, 9.17) is 0 Å². The molecule has 0 bridgehead atoms. The van der Waals surface area contributed by atoms with Crippen LogP contribution in [0.3, 0.4) is 0 Å². The SMILES string of the molecule is CCNC(=O)Nc1ncc2n1CCN(CC1CCCCC1)C2. The number of fused-ring (bicyclic) bond motifs is 1. The molecule has 1 aliphatic heterocycles. The molecule has 0 unspecified atom stereocenters. The van der Waals surface area contributed by atoms with Gasteiger partial charge in [-0.1, -0.05) is 19.3 Å². The maximum Gasteiger partial charge on any atom is 0.321 e. The van der Waals surface area contributed by atoms with E-state index in [0.29, 0.717) is 12.5 Å². The van der Waals surface area contributed by atoms with Crippen molar-refractivity contribution in [2.45, 2.75) is 52.1 Å². The van der Waals surface area contributed by atoms with Crippen LogP contribution >= 0.6 is 0 Å². The molecule has 0 aromatic carbocycles. The van der Waals surface area contributed by atoms with Gasteiger partial charge >= 0.3 is 6.03 Å². The molecule has 1 fully saturated rings. The Morgan fingerprint density at radius 1 is 1.32 bits per heavy atom. The quantitative estimate of drug-likeness (QED) is 0.898. The van der Waals surface area contributed by atoms with Crippen molar-refractivity contribution >= 4 is 12.0 Å². The van der Waals surface area contributed by atoms with Crippen LogP contribution < -0.4 is 10.6 Å². The molecule has 0 spiro atoms. The fourth-order valence-electron chi connectivity index (χ4n) is 3.63. The number of carbonyl (C=O) groups is 1. The summed E-state index contributed by atoms with van der Waals surface area (Å²) in [6.07, 6.45) is 8.89. The van der Waals surface area contributed by atoms with Crippen LogP contribution in [0.5, 0.6) is 0 Å². The van der Waals surface area contributed by atoms with E-state index in [1.165, 1.54) is 44.3 Å². The third-order valence-electron chi connectivity index (χ3n) is 4.77. The second kappa shape index (κ2) is 7.13. The van der Waals surface area contributed by atoms with Gasteiger partial charge in [0.2, 0.25) is 5.95 Å². The van der Waals surface area contributed by atoms with Crippen molar-refractivity contribution < 1.29 is 4.79 Å². The first-order valence-electron chi connectivity index (χ1n) is 8.58. The van der Waals surface area contributed by atoms with E-state index in [9.17, 15) is 4.79 Å². The van der Waals surface area contributed by atoms with E-state index in [2.05, 4.69) is 25.1 Å². The molecule has 0 saturated heterocycles. The summed E-state index contributed by atoms with van der Waals surface area (Å²) in [6.45, 7) is 6.64. The molecule has 3 rings (SSSR count). The van der Waals surface area contributed by atoms with Crippen LogP contribution in [0.1, 0.15) is 44.7 Å². The van der Waals surface area contributed by atoms with Crippen LogP contribution in [0, 0.1) is 5.92 Å². The molecule has 1 aliphatic carbocycles.